The van der Waals surface area contributed by atoms with Crippen LogP contribution in [0.25, 0.3) is 10.2 Å². The third kappa shape index (κ3) is 2.85. The summed E-state index contributed by atoms with van der Waals surface area (Å²) < 4.78 is 0.829. The average Bonchev–Trinajstić information content (AvgIpc) is 2.96. The second-order valence-electron chi connectivity index (χ2n) is 4.58. The first kappa shape index (κ1) is 13.5. The molecule has 0 aliphatic carbocycles. The average molecular weight is 299 g/mol. The molecule has 0 amide bonds. The molecular formula is C15H13N3O2S. The van der Waals surface area contributed by atoms with Gasteiger partial charge in [0, 0.05) is 6.54 Å². The molecule has 2 aromatic carbocycles. The first-order valence-electron chi connectivity index (χ1n) is 6.54. The number of thiazole rings is 1. The Hall–Kier alpha value is -2.47. The molecule has 1 aromatic heterocycles. The second kappa shape index (κ2) is 5.88. The molecular weight excluding hydrogens is 286 g/mol. The van der Waals surface area contributed by atoms with Crippen molar-refractivity contribution in [2.75, 3.05) is 11.9 Å². The van der Waals surface area contributed by atoms with Crippen LogP contribution >= 0.6 is 11.3 Å². The van der Waals surface area contributed by atoms with Crippen LogP contribution in [-0.2, 0) is 6.42 Å². The number of benzene rings is 2. The molecule has 6 heteroatoms. The lowest BCUT2D eigenvalue weighted by molar-refractivity contribution is -0.382. The molecule has 5 nitrogen and oxygen atoms in total. The Balaban J connectivity index is 1.80. The van der Waals surface area contributed by atoms with Crippen molar-refractivity contribution in [2.45, 2.75) is 6.42 Å². The summed E-state index contributed by atoms with van der Waals surface area (Å²) in [6.45, 7) is 0.639. The Morgan fingerprint density at radius 2 is 2.00 bits per heavy atom. The van der Waals surface area contributed by atoms with Crippen LogP contribution in [0.3, 0.4) is 0 Å². The number of hydrogen-bond acceptors (Lipinski definition) is 5. The summed E-state index contributed by atoms with van der Waals surface area (Å²) in [5.41, 5.74) is 3.86. The van der Waals surface area contributed by atoms with Gasteiger partial charge in [0.15, 0.2) is 5.52 Å². The zero-order valence-electron chi connectivity index (χ0n) is 11.2. The number of hydrogen-bond donors (Lipinski definition) is 1. The largest absolute Gasteiger partial charge is 0.379 e. The summed E-state index contributed by atoms with van der Waals surface area (Å²) in [6, 6.07) is 13.6. The maximum absolute atomic E-state index is 11.3. The van der Waals surface area contributed by atoms with Crippen molar-refractivity contribution in [3.63, 3.8) is 0 Å². The molecule has 1 heterocycles. The molecule has 0 fully saturated rings. The van der Waals surface area contributed by atoms with Crippen molar-refractivity contribution in [3.05, 3.63) is 63.7 Å². The van der Waals surface area contributed by atoms with Gasteiger partial charge in [0.2, 0.25) is 0 Å². The molecule has 0 radical (unpaired) electrons. The van der Waals surface area contributed by atoms with Crippen LogP contribution in [0, 0.1) is 10.1 Å². The number of nitrogens with one attached hydrogen (secondary N) is 1. The lowest BCUT2D eigenvalue weighted by atomic mass is 10.1. The number of rotatable bonds is 5. The normalized spacial score (nSPS) is 10.7. The summed E-state index contributed by atoms with van der Waals surface area (Å²) in [5, 5.41) is 14.4. The highest BCUT2D eigenvalue weighted by molar-refractivity contribution is 7.16. The number of anilines is 1. The number of nitro benzene ring substituents is 1. The molecule has 0 aliphatic heterocycles. The minimum Gasteiger partial charge on any atom is -0.379 e. The van der Waals surface area contributed by atoms with Crippen molar-refractivity contribution < 1.29 is 4.92 Å². The Kier molecular flexibility index (Phi) is 3.79. The Morgan fingerprint density at radius 1 is 1.19 bits per heavy atom. The molecule has 0 saturated carbocycles. The molecule has 3 rings (SSSR count). The molecule has 0 aliphatic rings. The quantitative estimate of drug-likeness (QED) is 0.574. The van der Waals surface area contributed by atoms with Crippen molar-refractivity contribution in [2.24, 2.45) is 0 Å². The summed E-state index contributed by atoms with van der Waals surface area (Å²) in [6.07, 6.45) is 0.813. The summed E-state index contributed by atoms with van der Waals surface area (Å²) in [4.78, 5) is 15.0. The van der Waals surface area contributed by atoms with Crippen molar-refractivity contribution in [1.82, 2.24) is 4.98 Å². The predicted octanol–water partition coefficient (Wildman–Crippen LogP) is 3.86. The van der Waals surface area contributed by atoms with Gasteiger partial charge in [-0.1, -0.05) is 30.3 Å². The Labute approximate surface area is 125 Å². The minimum absolute atomic E-state index is 0.0572. The summed E-state index contributed by atoms with van der Waals surface area (Å²) >= 11 is 1.40. The molecule has 3 aromatic rings. The number of nitrogens with zero attached hydrogens (tertiary/aromatic N) is 2. The van der Waals surface area contributed by atoms with Gasteiger partial charge in [-0.05, 0) is 24.1 Å². The van der Waals surface area contributed by atoms with Gasteiger partial charge in [0.1, 0.15) is 5.69 Å². The summed E-state index contributed by atoms with van der Waals surface area (Å²) in [5.74, 6) is 0. The van der Waals surface area contributed by atoms with Crippen LogP contribution < -0.4 is 5.32 Å². The van der Waals surface area contributed by atoms with Gasteiger partial charge in [0.05, 0.1) is 15.1 Å². The van der Waals surface area contributed by atoms with Gasteiger partial charge in [-0.2, -0.15) is 0 Å². The first-order valence-corrected chi connectivity index (χ1v) is 7.42. The monoisotopic (exact) mass is 299 g/mol. The molecule has 21 heavy (non-hydrogen) atoms. The Bertz CT molecular complexity index is 771. The number of aromatic nitrogens is 1. The zero-order valence-corrected chi connectivity index (χ0v) is 12.0. The van der Waals surface area contributed by atoms with Crippen molar-refractivity contribution >= 4 is 32.9 Å². The molecule has 0 saturated heterocycles. The van der Waals surface area contributed by atoms with E-state index in [0.29, 0.717) is 17.7 Å². The van der Waals surface area contributed by atoms with E-state index in [1.54, 1.807) is 11.6 Å². The van der Waals surface area contributed by atoms with Gasteiger partial charge in [-0.15, -0.1) is 11.3 Å². The number of fused-ring (bicyclic) bond motifs is 1. The molecule has 0 atom stereocenters. The fourth-order valence-corrected chi connectivity index (χ4v) is 2.91. The molecule has 0 bridgehead atoms. The van der Waals surface area contributed by atoms with E-state index in [1.807, 2.05) is 36.4 Å². The highest BCUT2D eigenvalue weighted by atomic mass is 32.1. The number of nitro groups is 1. The van der Waals surface area contributed by atoms with Crippen LogP contribution in [-0.4, -0.2) is 16.5 Å². The third-order valence-electron chi connectivity index (χ3n) is 3.23. The van der Waals surface area contributed by atoms with Crippen molar-refractivity contribution in [3.8, 4) is 0 Å². The van der Waals surface area contributed by atoms with E-state index in [4.69, 9.17) is 0 Å². The van der Waals surface area contributed by atoms with Crippen LogP contribution in [0.2, 0.25) is 0 Å². The van der Waals surface area contributed by atoms with Gasteiger partial charge >= 0.3 is 5.69 Å². The van der Waals surface area contributed by atoms with E-state index in [2.05, 4.69) is 10.3 Å². The smallest absolute Gasteiger partial charge is 0.319 e. The van der Waals surface area contributed by atoms with Crippen LogP contribution in [0.1, 0.15) is 5.56 Å². The molecule has 1 N–H and O–H groups in total. The zero-order chi connectivity index (χ0) is 14.7. The second-order valence-corrected chi connectivity index (χ2v) is 5.47. The third-order valence-corrected chi connectivity index (χ3v) is 4.02. The van der Waals surface area contributed by atoms with Gasteiger partial charge in [-0.3, -0.25) is 10.1 Å². The molecule has 106 valence electrons. The topological polar surface area (TPSA) is 68.1 Å². The SMILES string of the molecule is O=[N+]([O-])c1c(NCCc2ccccc2)ccc2scnc12. The van der Waals surface area contributed by atoms with Gasteiger partial charge in [0.25, 0.3) is 0 Å². The standard InChI is InChI=1S/C15H13N3O2S/c19-18(20)15-12(6-7-13-14(15)17-10-21-13)16-9-8-11-4-2-1-3-5-11/h1-7,10,16H,8-9H2. The van der Waals surface area contributed by atoms with Crippen LogP contribution in [0.15, 0.2) is 48.0 Å². The fourth-order valence-electron chi connectivity index (χ4n) is 2.23. The molecule has 0 spiro atoms. The van der Waals surface area contributed by atoms with Gasteiger partial charge in [-0.25, -0.2) is 4.98 Å². The van der Waals surface area contributed by atoms with Crippen LogP contribution in [0.4, 0.5) is 11.4 Å². The minimum atomic E-state index is -0.368. The fraction of sp³-hybridized carbons (Fsp3) is 0.133. The van der Waals surface area contributed by atoms with E-state index in [0.717, 1.165) is 11.1 Å². The highest BCUT2D eigenvalue weighted by Crippen LogP contribution is 2.34. The maximum Gasteiger partial charge on any atom is 0.319 e. The van der Waals surface area contributed by atoms with Crippen molar-refractivity contribution in [1.29, 1.82) is 0 Å². The summed E-state index contributed by atoms with van der Waals surface area (Å²) in [7, 11) is 0. The van der Waals surface area contributed by atoms with E-state index < -0.39 is 0 Å². The first-order chi connectivity index (χ1) is 10.3. The predicted molar refractivity (Wildman–Crippen MR) is 84.9 cm³/mol. The molecule has 0 unspecified atom stereocenters. The van der Waals surface area contributed by atoms with E-state index in [9.17, 15) is 10.1 Å². The lowest BCUT2D eigenvalue weighted by Gasteiger charge is -2.07. The van der Waals surface area contributed by atoms with Crippen LogP contribution in [0.5, 0.6) is 0 Å². The lowest BCUT2D eigenvalue weighted by Crippen LogP contribution is -2.07. The van der Waals surface area contributed by atoms with E-state index >= 15 is 0 Å². The highest BCUT2D eigenvalue weighted by Gasteiger charge is 2.20. The van der Waals surface area contributed by atoms with E-state index in [-0.39, 0.29) is 10.6 Å². The Morgan fingerprint density at radius 3 is 2.76 bits per heavy atom. The van der Waals surface area contributed by atoms with E-state index in [1.165, 1.54) is 16.9 Å². The van der Waals surface area contributed by atoms with Gasteiger partial charge < -0.3 is 5.32 Å². The maximum atomic E-state index is 11.3.